The van der Waals surface area contributed by atoms with E-state index in [-0.39, 0.29) is 64.3 Å². The maximum absolute atomic E-state index is 13.9. The van der Waals surface area contributed by atoms with Crippen LogP contribution in [-0.2, 0) is 75.7 Å². The zero-order valence-electron chi connectivity index (χ0n) is 40.2. The van der Waals surface area contributed by atoms with Gasteiger partial charge in [0.05, 0.1) is 52.7 Å². The number of nitrogens with two attached hydrogens (primary N) is 2. The summed E-state index contributed by atoms with van der Waals surface area (Å²) in [6.07, 6.45) is -15.8. The second-order valence-electron chi connectivity index (χ2n) is 17.3. The predicted molar refractivity (Wildman–Crippen MR) is 250 cm³/mol. The van der Waals surface area contributed by atoms with Gasteiger partial charge >= 0.3 is 36.9 Å². The third kappa shape index (κ3) is 11.9. The number of imidazole rings is 3. The molecule has 6 aromatic rings. The number of hydrogen-bond donors (Lipinski definition) is 12. The third-order valence-corrected chi connectivity index (χ3v) is 17.2. The van der Waals surface area contributed by atoms with Crippen LogP contribution < -0.4 is 27.2 Å². The number of nitrogens with one attached hydrogen (secondary N) is 2. The van der Waals surface area contributed by atoms with Crippen molar-refractivity contribution in [2.75, 3.05) is 51.6 Å². The van der Waals surface area contributed by atoms with Crippen LogP contribution in [0.4, 0.5) is 11.8 Å². The lowest BCUT2D eigenvalue weighted by atomic mass is 10.1. The van der Waals surface area contributed by atoms with Gasteiger partial charge in [0.15, 0.2) is 35.1 Å². The monoisotopic (exact) mass is 1190 g/mol. The molecule has 0 spiro atoms. The third-order valence-electron chi connectivity index (χ3n) is 12.0. The summed E-state index contributed by atoms with van der Waals surface area (Å²) in [6.45, 7) is -2.33. The molecule has 9 heterocycles. The highest BCUT2D eigenvalue weighted by Gasteiger charge is 2.54. The highest BCUT2D eigenvalue weighted by molar-refractivity contribution is 7.66. The Balaban J connectivity index is 0.886. The second kappa shape index (κ2) is 22.2. The van der Waals surface area contributed by atoms with Gasteiger partial charge in [0.25, 0.3) is 16.7 Å². The minimum absolute atomic E-state index is 0.00249. The molecule has 3 aliphatic heterocycles. The van der Waals surface area contributed by atoms with Crippen LogP contribution in [0.3, 0.4) is 0 Å². The molecule has 3 fully saturated rings. The summed E-state index contributed by atoms with van der Waals surface area (Å²) in [5.41, 5.74) is 10.1. The van der Waals surface area contributed by atoms with Crippen LogP contribution in [0, 0.1) is 6.92 Å². The molecule has 43 heteroatoms. The first-order valence-electron chi connectivity index (χ1n) is 22.4. The van der Waals surface area contributed by atoms with E-state index >= 15 is 0 Å². The number of aromatic nitrogens is 12. The van der Waals surface area contributed by atoms with E-state index in [1.165, 1.54) is 36.5 Å². The number of hydrogen-bond acceptors (Lipinski definition) is 29. The summed E-state index contributed by atoms with van der Waals surface area (Å²) in [5.74, 6) is -0.227. The Morgan fingerprint density at radius 1 is 0.654 bits per heavy atom. The van der Waals surface area contributed by atoms with E-state index in [0.717, 1.165) is 28.1 Å². The summed E-state index contributed by atoms with van der Waals surface area (Å²) in [5, 5.41) is 43.4. The van der Waals surface area contributed by atoms with Crippen molar-refractivity contribution in [2.45, 2.75) is 80.5 Å². The zero-order valence-corrected chi connectivity index (χ0v) is 43.8. The normalized spacial score (nSPS) is 29.8. The van der Waals surface area contributed by atoms with Crippen LogP contribution in [0.15, 0.2) is 34.9 Å². The number of phosphoric acid groups is 4. The van der Waals surface area contributed by atoms with Crippen molar-refractivity contribution in [3.05, 3.63) is 51.8 Å². The number of rotatable bonds is 22. The highest BCUT2D eigenvalue weighted by atomic mass is 31.3. The molecule has 14 N–H and O–H groups in total. The number of aliphatic hydroxyl groups excluding tert-OH is 4. The van der Waals surface area contributed by atoms with Crippen LogP contribution in [0.1, 0.15) is 24.5 Å². The van der Waals surface area contributed by atoms with Gasteiger partial charge in [-0.1, -0.05) is 0 Å². The van der Waals surface area contributed by atoms with Gasteiger partial charge in [-0.05, 0) is 6.92 Å². The minimum Gasteiger partial charge on any atom is -0.387 e. The largest absolute Gasteiger partial charge is 0.490 e. The van der Waals surface area contributed by atoms with Crippen LogP contribution in [0.2, 0.25) is 0 Å². The van der Waals surface area contributed by atoms with E-state index in [1.807, 2.05) is 0 Å². The number of ether oxygens (including phenoxy) is 5. The number of phosphoric ester groups is 3. The van der Waals surface area contributed by atoms with Crippen molar-refractivity contribution in [3.63, 3.8) is 0 Å². The summed E-state index contributed by atoms with van der Waals surface area (Å²) in [6, 6.07) is 0. The lowest BCUT2D eigenvalue weighted by Gasteiger charge is -2.27. The molecule has 0 radical (unpaired) electrons. The SMILES string of the molecule is COCCO[C@H]1C(OP(=O)(O)OC[C@H]2O[C@@H](n3cnc4c(=O)[nH]c(C)nc43)[C@@H](O)C2O)[C@@H](COP(=O)(O)OP(=O)(O)OP(=O)(O)OC[C@H]2O[C@@H](n3c[n+](C)c4c(=O)[nH]c(N)nc43)C(O)[C@H]2O)O[C@H]1n1cnc2c(N)ncnc21. The number of aliphatic hydroxyl groups is 4. The lowest BCUT2D eigenvalue weighted by Crippen LogP contribution is -2.39. The van der Waals surface area contributed by atoms with Crippen LogP contribution in [-0.4, -0.2) is 189 Å². The molecule has 6 aromatic heterocycles. The lowest BCUT2D eigenvalue weighted by molar-refractivity contribution is -0.646. The first-order valence-corrected chi connectivity index (χ1v) is 28.4. The fraction of sp³-hybridized carbons (Fsp3) is 0.571. The topological polar surface area (TPSA) is 545 Å². The van der Waals surface area contributed by atoms with E-state index in [9.17, 15) is 67.8 Å². The van der Waals surface area contributed by atoms with E-state index < -0.39 is 136 Å². The molecule has 0 bridgehead atoms. The van der Waals surface area contributed by atoms with Crippen molar-refractivity contribution >= 4 is 76.5 Å². The number of nitrogens with zero attached hydrogens (tertiary/aromatic N) is 10. The average Bonchev–Trinajstić information content (AvgIpc) is 4.20. The summed E-state index contributed by atoms with van der Waals surface area (Å²) < 4.78 is 115. The Labute approximate surface area is 433 Å². The molecule has 0 aromatic carbocycles. The van der Waals surface area contributed by atoms with Gasteiger partial charge in [-0.15, -0.1) is 0 Å². The molecule has 9 rings (SSSR count). The van der Waals surface area contributed by atoms with Gasteiger partial charge in [0.1, 0.15) is 72.6 Å². The molecule has 78 heavy (non-hydrogen) atoms. The first-order chi connectivity index (χ1) is 36.7. The number of fused-ring (bicyclic) bond motifs is 3. The smallest absolute Gasteiger partial charge is 0.387 e. The van der Waals surface area contributed by atoms with Gasteiger partial charge in [-0.3, -0.25) is 41.8 Å². The summed E-state index contributed by atoms with van der Waals surface area (Å²) in [4.78, 5) is 96.8. The zero-order chi connectivity index (χ0) is 56.4. The molecular formula is C35H49N14O25P4+. The van der Waals surface area contributed by atoms with Crippen molar-refractivity contribution < 1.29 is 113 Å². The van der Waals surface area contributed by atoms with E-state index in [2.05, 4.69) is 48.5 Å². The number of nitrogen functional groups attached to an aromatic ring is 2. The van der Waals surface area contributed by atoms with E-state index in [4.69, 9.17) is 53.2 Å². The van der Waals surface area contributed by atoms with Gasteiger partial charge in [0.2, 0.25) is 18.5 Å². The molecule has 3 saturated heterocycles. The van der Waals surface area contributed by atoms with Crippen molar-refractivity contribution in [3.8, 4) is 0 Å². The molecule has 0 amide bonds. The number of H-pyrrole nitrogens is 2. The number of anilines is 2. The average molecular weight is 1190 g/mol. The van der Waals surface area contributed by atoms with Crippen molar-refractivity contribution in [1.29, 1.82) is 0 Å². The molecule has 7 unspecified atom stereocenters. The fourth-order valence-corrected chi connectivity index (χ4v) is 13.1. The number of aryl methyl sites for hydroxylation is 2. The van der Waals surface area contributed by atoms with Crippen molar-refractivity contribution in [2.24, 2.45) is 7.05 Å². The van der Waals surface area contributed by atoms with E-state index in [0.29, 0.717) is 0 Å². The van der Waals surface area contributed by atoms with Crippen LogP contribution >= 0.6 is 31.3 Å². The summed E-state index contributed by atoms with van der Waals surface area (Å²) >= 11 is 0. The molecule has 428 valence electrons. The molecule has 39 nitrogen and oxygen atoms in total. The van der Waals surface area contributed by atoms with Crippen LogP contribution in [0.25, 0.3) is 33.5 Å². The Bertz CT molecular complexity index is 3530. The molecule has 0 saturated carbocycles. The number of methoxy groups -OCH3 is 1. The quantitative estimate of drug-likeness (QED) is 0.0175. The van der Waals surface area contributed by atoms with Gasteiger partial charge < -0.3 is 80.1 Å². The maximum Gasteiger partial charge on any atom is 0.490 e. The molecule has 3 aliphatic rings. The minimum atomic E-state index is -6.23. The Morgan fingerprint density at radius 3 is 1.85 bits per heavy atom. The summed E-state index contributed by atoms with van der Waals surface area (Å²) in [7, 11) is -20.8. The predicted octanol–water partition coefficient (Wildman–Crippen LogP) is -3.97. The van der Waals surface area contributed by atoms with E-state index in [1.54, 1.807) is 0 Å². The molecular weight excluding hydrogens is 1140 g/mol. The van der Waals surface area contributed by atoms with Crippen LogP contribution in [0.5, 0.6) is 0 Å². The Kier molecular flexibility index (Phi) is 16.4. The highest BCUT2D eigenvalue weighted by Crippen LogP contribution is 2.68. The maximum atomic E-state index is 13.9. The van der Waals surface area contributed by atoms with Gasteiger partial charge in [-0.25, -0.2) is 47.7 Å². The van der Waals surface area contributed by atoms with Gasteiger partial charge in [0, 0.05) is 7.11 Å². The standard InChI is InChI=1S/C35H48N14O25P4/c1-13-42-28-18(30(54)43-13)41-11-48(28)32-22(52)20(50)14(69-32)6-66-75(56,57)72-24-16(71-34(25(24)65-5-4-64-3)47-10-40-17-26(36)38-9-39-27(17)47)8-68-77(60,61)74-78(62,63)73-76(58,59)67-7-15-21(51)23(53)33(70-15)49-12-46(2)19-29(49)44-35(37)45-31(19)55/h9-12,14-16,20-25,32-34,50-53H,4-8H2,1-3H3,(H9-,36,37,38,39,42,43,44,45,54,55,56,57,58,59,60,61,62,63)/p+1/t14-,15-,16-,20?,21+,22+,23?,24?,25+,32-,33-,34-/m1/s1. The molecule has 16 atom stereocenters. The first kappa shape index (κ1) is 57.7. The Morgan fingerprint density at radius 2 is 1.22 bits per heavy atom. The van der Waals surface area contributed by atoms with Gasteiger partial charge in [-0.2, -0.15) is 18.2 Å². The number of aromatic amines is 2. The second-order valence-corrected chi connectivity index (χ2v) is 23.3. The Hall–Kier alpha value is -4.99. The van der Waals surface area contributed by atoms with Crippen molar-refractivity contribution in [1.82, 2.24) is 53.6 Å². The molecule has 0 aliphatic carbocycles. The fourth-order valence-electron chi connectivity index (χ4n) is 8.58.